The van der Waals surface area contributed by atoms with E-state index in [4.69, 9.17) is 44.3 Å². The average molecular weight is 564 g/mol. The van der Waals surface area contributed by atoms with Crippen LogP contribution >= 0.6 is 35.4 Å². The van der Waals surface area contributed by atoms with Gasteiger partial charge in [-0.25, -0.2) is 4.98 Å². The predicted molar refractivity (Wildman–Crippen MR) is 156 cm³/mol. The van der Waals surface area contributed by atoms with E-state index < -0.39 is 5.91 Å². The summed E-state index contributed by atoms with van der Waals surface area (Å²) in [6.07, 6.45) is 0. The SMILES string of the molecule is CC(C)(C)c1ccc(-c2nc3cc(NC(=S)NC(=O)c4ccc(-c5cccc(Cl)c5Cl)o4)ccc3o2)cc1. The molecule has 192 valence electrons. The zero-order valence-electron chi connectivity index (χ0n) is 20.8. The Morgan fingerprint density at radius 1 is 0.947 bits per heavy atom. The number of carbonyl (C=O) groups is 1. The van der Waals surface area contributed by atoms with Gasteiger partial charge in [0.2, 0.25) is 5.89 Å². The molecule has 9 heteroatoms. The van der Waals surface area contributed by atoms with Gasteiger partial charge in [0.1, 0.15) is 11.3 Å². The van der Waals surface area contributed by atoms with Gasteiger partial charge in [-0.1, -0.05) is 62.2 Å². The number of hydrogen-bond donors (Lipinski definition) is 2. The van der Waals surface area contributed by atoms with E-state index in [1.807, 2.05) is 12.1 Å². The molecule has 5 aromatic rings. The van der Waals surface area contributed by atoms with Gasteiger partial charge in [-0.05, 0) is 77.8 Å². The smallest absolute Gasteiger partial charge is 0.293 e. The topological polar surface area (TPSA) is 80.3 Å². The fourth-order valence-corrected chi connectivity index (χ4v) is 4.47. The first-order valence-corrected chi connectivity index (χ1v) is 12.9. The van der Waals surface area contributed by atoms with Crippen LogP contribution in [0.5, 0.6) is 0 Å². The third kappa shape index (κ3) is 5.45. The van der Waals surface area contributed by atoms with Crippen molar-refractivity contribution in [2.24, 2.45) is 0 Å². The van der Waals surface area contributed by atoms with Gasteiger partial charge in [0.05, 0.1) is 10.0 Å². The molecular weight excluding hydrogens is 541 g/mol. The van der Waals surface area contributed by atoms with Crippen LogP contribution in [-0.2, 0) is 5.41 Å². The lowest BCUT2D eigenvalue weighted by molar-refractivity contribution is 0.0951. The van der Waals surface area contributed by atoms with Gasteiger partial charge in [0.15, 0.2) is 16.5 Å². The number of benzene rings is 3. The monoisotopic (exact) mass is 563 g/mol. The van der Waals surface area contributed by atoms with Crippen LogP contribution in [0.4, 0.5) is 5.69 Å². The molecule has 2 N–H and O–H groups in total. The molecule has 3 aromatic carbocycles. The standard InChI is InChI=1S/C29H23Cl2N3O3S/c1-29(2,3)17-9-7-16(8-10-17)27-33-21-15-18(11-12-23(21)37-27)32-28(38)34-26(35)24-14-13-22(36-24)19-5-4-6-20(30)25(19)31/h4-15H,1-3H3,(H2,32,34,35,38). The summed E-state index contributed by atoms with van der Waals surface area (Å²) in [6, 6.07) is 22.0. The molecule has 0 bridgehead atoms. The van der Waals surface area contributed by atoms with Crippen LogP contribution in [0, 0.1) is 0 Å². The van der Waals surface area contributed by atoms with E-state index in [0.29, 0.717) is 44.0 Å². The molecule has 0 spiro atoms. The second-order valence-corrected chi connectivity index (χ2v) is 10.9. The van der Waals surface area contributed by atoms with Crippen molar-refractivity contribution in [3.05, 3.63) is 94.2 Å². The Bertz CT molecular complexity index is 1670. The van der Waals surface area contributed by atoms with Crippen LogP contribution in [0.3, 0.4) is 0 Å². The summed E-state index contributed by atoms with van der Waals surface area (Å²) in [5.41, 5.74) is 4.73. The Balaban J connectivity index is 1.26. The number of nitrogens with zero attached hydrogens (tertiary/aromatic N) is 1. The van der Waals surface area contributed by atoms with Gasteiger partial charge >= 0.3 is 0 Å². The first-order valence-electron chi connectivity index (χ1n) is 11.8. The van der Waals surface area contributed by atoms with E-state index in [-0.39, 0.29) is 16.3 Å². The number of amides is 1. The molecule has 2 heterocycles. The number of nitrogens with one attached hydrogen (secondary N) is 2. The summed E-state index contributed by atoms with van der Waals surface area (Å²) < 4.78 is 11.6. The molecule has 6 nitrogen and oxygen atoms in total. The highest BCUT2D eigenvalue weighted by atomic mass is 35.5. The molecular formula is C29H23Cl2N3O3S. The lowest BCUT2D eigenvalue weighted by Crippen LogP contribution is -2.33. The van der Waals surface area contributed by atoms with Crippen molar-refractivity contribution in [3.8, 4) is 22.8 Å². The van der Waals surface area contributed by atoms with Crippen molar-refractivity contribution in [1.29, 1.82) is 0 Å². The zero-order valence-corrected chi connectivity index (χ0v) is 23.1. The van der Waals surface area contributed by atoms with E-state index in [0.717, 1.165) is 5.56 Å². The molecule has 5 rings (SSSR count). The third-order valence-corrected chi connectivity index (χ3v) is 6.94. The molecule has 0 radical (unpaired) electrons. The van der Waals surface area contributed by atoms with E-state index in [1.165, 1.54) is 5.56 Å². The number of anilines is 1. The molecule has 0 aliphatic rings. The Hall–Kier alpha value is -3.65. The van der Waals surface area contributed by atoms with Crippen molar-refractivity contribution in [2.45, 2.75) is 26.2 Å². The highest BCUT2D eigenvalue weighted by molar-refractivity contribution is 7.80. The second kappa shape index (κ2) is 10.3. The van der Waals surface area contributed by atoms with Crippen LogP contribution in [0.25, 0.3) is 33.9 Å². The quantitative estimate of drug-likeness (QED) is 0.213. The average Bonchev–Trinajstić information content (AvgIpc) is 3.53. The number of carbonyl (C=O) groups excluding carboxylic acids is 1. The first kappa shape index (κ1) is 26.0. The minimum absolute atomic E-state index is 0.0669. The number of oxazole rings is 1. The highest BCUT2D eigenvalue weighted by Gasteiger charge is 2.17. The van der Waals surface area contributed by atoms with Crippen molar-refractivity contribution in [3.63, 3.8) is 0 Å². The van der Waals surface area contributed by atoms with E-state index >= 15 is 0 Å². The summed E-state index contributed by atoms with van der Waals surface area (Å²) in [4.78, 5) is 17.3. The van der Waals surface area contributed by atoms with E-state index in [2.05, 4.69) is 48.5 Å². The van der Waals surface area contributed by atoms with Gasteiger partial charge in [0.25, 0.3) is 5.91 Å². The highest BCUT2D eigenvalue weighted by Crippen LogP contribution is 2.34. The molecule has 0 saturated carbocycles. The Labute approximate surface area is 235 Å². The van der Waals surface area contributed by atoms with Crippen molar-refractivity contribution >= 4 is 63.2 Å². The molecule has 1 amide bonds. The maximum atomic E-state index is 12.7. The van der Waals surface area contributed by atoms with Crippen LogP contribution in [0.2, 0.25) is 10.0 Å². The second-order valence-electron chi connectivity index (χ2n) is 9.70. The largest absolute Gasteiger partial charge is 0.451 e. The summed E-state index contributed by atoms with van der Waals surface area (Å²) in [7, 11) is 0. The van der Waals surface area contributed by atoms with Crippen molar-refractivity contribution in [2.75, 3.05) is 5.32 Å². The van der Waals surface area contributed by atoms with Gasteiger partial charge in [-0.15, -0.1) is 0 Å². The number of halogens is 2. The number of aromatic nitrogens is 1. The molecule has 38 heavy (non-hydrogen) atoms. The van der Waals surface area contributed by atoms with Crippen molar-refractivity contribution in [1.82, 2.24) is 10.3 Å². The Morgan fingerprint density at radius 3 is 2.45 bits per heavy atom. The minimum atomic E-state index is -0.504. The first-order chi connectivity index (χ1) is 18.1. The molecule has 0 unspecified atom stereocenters. The van der Waals surface area contributed by atoms with Gasteiger partial charge in [-0.3, -0.25) is 10.1 Å². The number of thiocarbonyl (C=S) groups is 1. The third-order valence-electron chi connectivity index (χ3n) is 5.92. The molecule has 0 fully saturated rings. The normalized spacial score (nSPS) is 11.5. The van der Waals surface area contributed by atoms with Crippen LogP contribution in [0.15, 0.2) is 81.6 Å². The molecule has 2 aromatic heterocycles. The Kier molecular flexibility index (Phi) is 7.01. The number of hydrogen-bond acceptors (Lipinski definition) is 5. The maximum absolute atomic E-state index is 12.7. The molecule has 0 aliphatic heterocycles. The fourth-order valence-electron chi connectivity index (χ4n) is 3.87. The summed E-state index contributed by atoms with van der Waals surface area (Å²) in [5, 5.41) is 6.47. The van der Waals surface area contributed by atoms with Crippen LogP contribution in [0.1, 0.15) is 36.9 Å². The van der Waals surface area contributed by atoms with Crippen LogP contribution in [-0.4, -0.2) is 16.0 Å². The summed E-state index contributed by atoms with van der Waals surface area (Å²) >= 11 is 17.7. The van der Waals surface area contributed by atoms with Crippen LogP contribution < -0.4 is 10.6 Å². The Morgan fingerprint density at radius 2 is 1.71 bits per heavy atom. The summed E-state index contributed by atoms with van der Waals surface area (Å²) in [6.45, 7) is 6.52. The maximum Gasteiger partial charge on any atom is 0.293 e. The van der Waals surface area contributed by atoms with Crippen molar-refractivity contribution < 1.29 is 13.6 Å². The predicted octanol–water partition coefficient (Wildman–Crippen LogP) is 8.49. The minimum Gasteiger partial charge on any atom is -0.451 e. The van der Waals surface area contributed by atoms with E-state index in [1.54, 1.807) is 48.5 Å². The number of fused-ring (bicyclic) bond motifs is 1. The van der Waals surface area contributed by atoms with E-state index in [9.17, 15) is 4.79 Å². The van der Waals surface area contributed by atoms with Gasteiger partial charge < -0.3 is 14.2 Å². The molecule has 0 aliphatic carbocycles. The zero-order chi connectivity index (χ0) is 27.0. The number of rotatable bonds is 4. The molecule has 0 atom stereocenters. The van der Waals surface area contributed by atoms with Gasteiger partial charge in [0, 0.05) is 16.8 Å². The number of furan rings is 1. The summed E-state index contributed by atoms with van der Waals surface area (Å²) in [5.74, 6) is 0.522. The fraction of sp³-hybridized carbons (Fsp3) is 0.138. The lowest BCUT2D eigenvalue weighted by atomic mass is 9.87. The lowest BCUT2D eigenvalue weighted by Gasteiger charge is -2.18. The van der Waals surface area contributed by atoms with Gasteiger partial charge in [-0.2, -0.15) is 0 Å². The molecule has 0 saturated heterocycles.